The third kappa shape index (κ3) is 4.36. The molecule has 0 heterocycles. The number of nitrogens with one attached hydrogen (secondary N) is 1. The minimum atomic E-state index is -0.168. The summed E-state index contributed by atoms with van der Waals surface area (Å²) in [6.07, 6.45) is 0.208. The minimum Gasteiger partial charge on any atom is -0.493 e. The molecule has 5 nitrogen and oxygen atoms in total. The van der Waals surface area contributed by atoms with Gasteiger partial charge in [0.05, 0.1) is 36.3 Å². The third-order valence-electron chi connectivity index (χ3n) is 2.88. The molecule has 0 aliphatic carbocycles. The zero-order valence-electron chi connectivity index (χ0n) is 11.7. The SMILES string of the molecule is N#Cc1ccc(NC(=O)CCOc2ccc(C#N)cc2)cc1. The lowest BCUT2D eigenvalue weighted by atomic mass is 10.2. The Hall–Kier alpha value is -3.31. The Kier molecular flexibility index (Phi) is 5.12. The van der Waals surface area contributed by atoms with Crippen LogP contribution in [0.15, 0.2) is 48.5 Å². The molecule has 0 saturated carbocycles. The first-order valence-corrected chi connectivity index (χ1v) is 6.64. The Balaban J connectivity index is 1.77. The van der Waals surface area contributed by atoms with Crippen LogP contribution in [0.4, 0.5) is 5.69 Å². The highest BCUT2D eigenvalue weighted by Crippen LogP contribution is 2.12. The molecule has 0 aliphatic heterocycles. The summed E-state index contributed by atoms with van der Waals surface area (Å²) in [5.74, 6) is 0.448. The number of rotatable bonds is 5. The Morgan fingerprint density at radius 1 is 0.955 bits per heavy atom. The molecule has 0 aliphatic rings. The van der Waals surface area contributed by atoms with Crippen molar-refractivity contribution in [1.29, 1.82) is 10.5 Å². The lowest BCUT2D eigenvalue weighted by Gasteiger charge is -2.07. The largest absolute Gasteiger partial charge is 0.493 e. The van der Waals surface area contributed by atoms with Crippen LogP contribution in [0.25, 0.3) is 0 Å². The summed E-state index contributed by atoms with van der Waals surface area (Å²) in [6, 6.07) is 17.4. The summed E-state index contributed by atoms with van der Waals surface area (Å²) in [5, 5.41) is 20.1. The van der Waals surface area contributed by atoms with Crippen LogP contribution < -0.4 is 10.1 Å². The van der Waals surface area contributed by atoms with E-state index in [0.29, 0.717) is 22.6 Å². The third-order valence-corrected chi connectivity index (χ3v) is 2.88. The Morgan fingerprint density at radius 3 is 2.05 bits per heavy atom. The summed E-state index contributed by atoms with van der Waals surface area (Å²) in [6.45, 7) is 0.244. The van der Waals surface area contributed by atoms with Crippen molar-refractivity contribution in [2.24, 2.45) is 0 Å². The van der Waals surface area contributed by atoms with Gasteiger partial charge in [0.2, 0.25) is 5.91 Å². The first kappa shape index (κ1) is 15.1. The molecule has 0 atom stereocenters. The van der Waals surface area contributed by atoms with Crippen molar-refractivity contribution in [3.63, 3.8) is 0 Å². The number of hydrogen-bond donors (Lipinski definition) is 1. The second-order valence-electron chi connectivity index (χ2n) is 4.47. The normalized spacial score (nSPS) is 9.36. The van der Waals surface area contributed by atoms with E-state index in [1.807, 2.05) is 12.1 Å². The average molecular weight is 291 g/mol. The molecular weight excluding hydrogens is 278 g/mol. The number of nitriles is 2. The molecule has 0 radical (unpaired) electrons. The lowest BCUT2D eigenvalue weighted by molar-refractivity contribution is -0.116. The maximum absolute atomic E-state index is 11.8. The zero-order valence-corrected chi connectivity index (χ0v) is 11.7. The Morgan fingerprint density at radius 2 is 1.50 bits per heavy atom. The summed E-state index contributed by atoms with van der Waals surface area (Å²) in [7, 11) is 0. The average Bonchev–Trinajstić information content (AvgIpc) is 2.56. The van der Waals surface area contributed by atoms with Gasteiger partial charge in [0.25, 0.3) is 0 Å². The van der Waals surface area contributed by atoms with Crippen molar-refractivity contribution in [3.05, 3.63) is 59.7 Å². The number of ether oxygens (including phenoxy) is 1. The Bertz CT molecular complexity index is 722. The van der Waals surface area contributed by atoms with E-state index < -0.39 is 0 Å². The van der Waals surface area contributed by atoms with Crippen molar-refractivity contribution in [3.8, 4) is 17.9 Å². The highest BCUT2D eigenvalue weighted by molar-refractivity contribution is 5.90. The summed E-state index contributed by atoms with van der Waals surface area (Å²) in [5.41, 5.74) is 1.75. The van der Waals surface area contributed by atoms with E-state index in [9.17, 15) is 4.79 Å². The molecule has 5 heteroatoms. The zero-order chi connectivity index (χ0) is 15.8. The molecule has 2 aromatic rings. The summed E-state index contributed by atoms with van der Waals surface area (Å²) in [4.78, 5) is 11.8. The van der Waals surface area contributed by atoms with E-state index in [-0.39, 0.29) is 18.9 Å². The summed E-state index contributed by atoms with van der Waals surface area (Å²) >= 11 is 0. The van der Waals surface area contributed by atoms with E-state index in [1.54, 1.807) is 48.5 Å². The highest BCUT2D eigenvalue weighted by atomic mass is 16.5. The van der Waals surface area contributed by atoms with Gasteiger partial charge in [0, 0.05) is 5.69 Å². The van der Waals surface area contributed by atoms with Gasteiger partial charge in [0.1, 0.15) is 5.75 Å². The number of anilines is 1. The van der Waals surface area contributed by atoms with Gasteiger partial charge in [-0.05, 0) is 48.5 Å². The lowest BCUT2D eigenvalue weighted by Crippen LogP contribution is -2.15. The van der Waals surface area contributed by atoms with Crippen LogP contribution in [0.1, 0.15) is 17.5 Å². The molecule has 0 fully saturated rings. The number of benzene rings is 2. The van der Waals surface area contributed by atoms with Crippen LogP contribution in [0.2, 0.25) is 0 Å². The molecule has 0 bridgehead atoms. The quantitative estimate of drug-likeness (QED) is 0.917. The second-order valence-corrected chi connectivity index (χ2v) is 4.47. The number of amides is 1. The molecular formula is C17H13N3O2. The number of carbonyl (C=O) groups excluding carboxylic acids is 1. The van der Waals surface area contributed by atoms with Gasteiger partial charge in [0.15, 0.2) is 0 Å². The van der Waals surface area contributed by atoms with Crippen molar-refractivity contribution >= 4 is 11.6 Å². The molecule has 1 amide bonds. The van der Waals surface area contributed by atoms with Crippen molar-refractivity contribution in [2.75, 3.05) is 11.9 Å². The fourth-order valence-corrected chi connectivity index (χ4v) is 1.74. The number of carbonyl (C=O) groups is 1. The van der Waals surface area contributed by atoms with Crippen LogP contribution in [0.3, 0.4) is 0 Å². The van der Waals surface area contributed by atoms with E-state index in [4.69, 9.17) is 15.3 Å². The fourth-order valence-electron chi connectivity index (χ4n) is 1.74. The van der Waals surface area contributed by atoms with Crippen molar-refractivity contribution < 1.29 is 9.53 Å². The topological polar surface area (TPSA) is 85.9 Å². The van der Waals surface area contributed by atoms with Crippen LogP contribution in [-0.4, -0.2) is 12.5 Å². The van der Waals surface area contributed by atoms with E-state index in [1.165, 1.54) is 0 Å². The molecule has 0 aromatic heterocycles. The maximum Gasteiger partial charge on any atom is 0.227 e. The highest BCUT2D eigenvalue weighted by Gasteiger charge is 2.03. The molecule has 0 saturated heterocycles. The van der Waals surface area contributed by atoms with E-state index >= 15 is 0 Å². The van der Waals surface area contributed by atoms with Gasteiger partial charge >= 0.3 is 0 Å². The molecule has 22 heavy (non-hydrogen) atoms. The van der Waals surface area contributed by atoms with Crippen LogP contribution in [0.5, 0.6) is 5.75 Å². The van der Waals surface area contributed by atoms with Gasteiger partial charge in [-0.3, -0.25) is 4.79 Å². The first-order valence-electron chi connectivity index (χ1n) is 6.64. The molecule has 1 N–H and O–H groups in total. The molecule has 108 valence electrons. The van der Waals surface area contributed by atoms with Crippen LogP contribution in [-0.2, 0) is 4.79 Å². The smallest absolute Gasteiger partial charge is 0.227 e. The standard InChI is InChI=1S/C17H13N3O2/c18-11-13-1-5-15(6-2-13)20-17(21)9-10-22-16-7-3-14(12-19)4-8-16/h1-8H,9-10H2,(H,20,21). The fraction of sp³-hybridized carbons (Fsp3) is 0.118. The number of nitrogens with zero attached hydrogens (tertiary/aromatic N) is 2. The number of hydrogen-bond acceptors (Lipinski definition) is 4. The van der Waals surface area contributed by atoms with Gasteiger partial charge in [-0.15, -0.1) is 0 Å². The van der Waals surface area contributed by atoms with Crippen molar-refractivity contribution in [2.45, 2.75) is 6.42 Å². The van der Waals surface area contributed by atoms with E-state index in [2.05, 4.69) is 5.32 Å². The van der Waals surface area contributed by atoms with Gasteiger partial charge in [-0.25, -0.2) is 0 Å². The molecule has 0 unspecified atom stereocenters. The van der Waals surface area contributed by atoms with Crippen molar-refractivity contribution in [1.82, 2.24) is 0 Å². The predicted molar refractivity (Wildman–Crippen MR) is 81.1 cm³/mol. The molecule has 0 spiro atoms. The van der Waals surface area contributed by atoms with E-state index in [0.717, 1.165) is 0 Å². The van der Waals surface area contributed by atoms with Gasteiger partial charge in [-0.2, -0.15) is 10.5 Å². The molecule has 2 aromatic carbocycles. The van der Waals surface area contributed by atoms with Crippen LogP contribution in [0, 0.1) is 22.7 Å². The summed E-state index contributed by atoms with van der Waals surface area (Å²) < 4.78 is 5.44. The monoisotopic (exact) mass is 291 g/mol. The van der Waals surface area contributed by atoms with Gasteiger partial charge in [-0.1, -0.05) is 0 Å². The second kappa shape index (κ2) is 7.47. The predicted octanol–water partition coefficient (Wildman–Crippen LogP) is 2.84. The molecule has 2 rings (SSSR count). The maximum atomic E-state index is 11.8. The Labute approximate surface area is 128 Å². The first-order chi connectivity index (χ1) is 10.7. The van der Waals surface area contributed by atoms with Crippen LogP contribution >= 0.6 is 0 Å². The van der Waals surface area contributed by atoms with Gasteiger partial charge < -0.3 is 10.1 Å². The minimum absolute atomic E-state index is 0.168.